The number of fused-ring (bicyclic) bond motifs is 6. The Balaban J connectivity index is 0.782. The molecule has 1 aliphatic rings. The molecule has 16 rings (SSSR count). The highest BCUT2D eigenvalue weighted by atomic mass is 16.3. The first-order valence-electron chi connectivity index (χ1n) is 28.0. The Morgan fingerprint density at radius 2 is 0.905 bits per heavy atom. The summed E-state index contributed by atoms with van der Waals surface area (Å²) in [5, 5.41) is 9.56. The van der Waals surface area contributed by atoms with Gasteiger partial charge in [0.25, 0.3) is 0 Å². The molecule has 11 aromatic carbocycles. The number of benzene rings is 11. The summed E-state index contributed by atoms with van der Waals surface area (Å²) in [6.07, 6.45) is -0.134. The van der Waals surface area contributed by atoms with Crippen LogP contribution in [0.5, 0.6) is 0 Å². The van der Waals surface area contributed by atoms with Crippen LogP contribution in [0.1, 0.15) is 11.7 Å². The molecule has 0 radical (unpaired) electrons. The van der Waals surface area contributed by atoms with Crippen LogP contribution >= 0.6 is 0 Å². The summed E-state index contributed by atoms with van der Waals surface area (Å²) in [5.41, 5.74) is 16.1. The smallest absolute Gasteiger partial charge is 0.227 e. The lowest BCUT2D eigenvalue weighted by Gasteiger charge is -2.27. The standard InChI is InChI=1S/C74H47N9O/c1-3-17-50(18-4-1)74-79-64-40-37-57(44-68(64)84-74)72-81-69(48-30-32-49(33-31-48)73-78-63-27-11-12-28-67(63)83(73)58-23-5-2-6-24-58)80-71(82-72)55-22-14-20-52(42-55)51-19-13-21-54(41-51)65-45-66(62-39-36-47-16-8-10-26-61(47)75-62)77-70(76-65)56-35-38-60-53(43-56)34-29-46-15-7-9-25-59(46)60/h1-45,73,78H. The van der Waals surface area contributed by atoms with E-state index >= 15 is 0 Å². The molecule has 0 aliphatic carbocycles. The molecule has 0 spiro atoms. The maximum Gasteiger partial charge on any atom is 0.227 e. The highest BCUT2D eigenvalue weighted by molar-refractivity contribution is 6.08. The number of para-hydroxylation sites is 4. The molecule has 0 saturated heterocycles. The van der Waals surface area contributed by atoms with Crippen LogP contribution in [0.4, 0.5) is 17.1 Å². The molecule has 1 N–H and O–H groups in total. The number of nitrogens with one attached hydrogen (secondary N) is 1. The first-order valence-corrected chi connectivity index (χ1v) is 28.0. The van der Waals surface area contributed by atoms with Gasteiger partial charge in [-0.3, -0.25) is 0 Å². The number of nitrogens with zero attached hydrogens (tertiary/aromatic N) is 8. The molecule has 0 amide bonds. The lowest BCUT2D eigenvalue weighted by Crippen LogP contribution is -2.23. The first-order chi connectivity index (χ1) is 41.5. The Labute approximate surface area is 483 Å². The third-order valence-corrected chi connectivity index (χ3v) is 15.7. The zero-order valence-electron chi connectivity index (χ0n) is 45.0. The van der Waals surface area contributed by atoms with Crippen LogP contribution in [0.25, 0.3) is 134 Å². The highest BCUT2D eigenvalue weighted by Crippen LogP contribution is 2.46. The maximum atomic E-state index is 6.38. The molecule has 1 unspecified atom stereocenters. The van der Waals surface area contributed by atoms with E-state index in [1.807, 2.05) is 84.9 Å². The molecule has 10 nitrogen and oxygen atoms in total. The molecule has 394 valence electrons. The van der Waals surface area contributed by atoms with Gasteiger partial charge in [0.15, 0.2) is 28.9 Å². The van der Waals surface area contributed by atoms with Crippen molar-refractivity contribution in [2.24, 2.45) is 0 Å². The molecular formula is C74H47N9O. The molecule has 0 fully saturated rings. The number of oxazole rings is 1. The number of hydrogen-bond acceptors (Lipinski definition) is 10. The van der Waals surface area contributed by atoms with Crippen LogP contribution in [-0.4, -0.2) is 34.9 Å². The SMILES string of the molecule is c1ccc(-c2nc3ccc(-c4nc(-c5ccc(C6Nc7ccccc7N6c6ccccc6)cc5)nc(-c5cccc(-c6cccc(-c7cc(-c8ccc9ccccc9n8)nc(-c8ccc9c(ccc%10ccccc%109)c8)n7)c6)c5)n4)cc3o2)cc1. The summed E-state index contributed by atoms with van der Waals surface area (Å²) in [5.74, 6) is 2.73. The molecule has 4 aromatic heterocycles. The Kier molecular flexibility index (Phi) is 11.7. The van der Waals surface area contributed by atoms with Crippen molar-refractivity contribution in [3.05, 3.63) is 279 Å². The third-order valence-electron chi connectivity index (χ3n) is 15.7. The minimum atomic E-state index is -0.134. The summed E-state index contributed by atoms with van der Waals surface area (Å²) in [6, 6.07) is 93.9. The fraction of sp³-hybridized carbons (Fsp3) is 0.0135. The number of rotatable bonds is 10. The van der Waals surface area contributed by atoms with Crippen molar-refractivity contribution in [3.63, 3.8) is 0 Å². The lowest BCUT2D eigenvalue weighted by molar-refractivity contribution is 0.620. The van der Waals surface area contributed by atoms with Crippen LogP contribution in [0, 0.1) is 0 Å². The Hall–Kier alpha value is -11.5. The Morgan fingerprint density at radius 3 is 1.74 bits per heavy atom. The molecular weight excluding hydrogens is 1030 g/mol. The Bertz CT molecular complexity index is 5030. The first kappa shape index (κ1) is 48.4. The minimum Gasteiger partial charge on any atom is -0.436 e. The summed E-state index contributed by atoms with van der Waals surface area (Å²) in [7, 11) is 0. The molecule has 0 saturated carbocycles. The van der Waals surface area contributed by atoms with Gasteiger partial charge < -0.3 is 14.6 Å². The zero-order chi connectivity index (χ0) is 55.5. The summed E-state index contributed by atoms with van der Waals surface area (Å²) >= 11 is 0. The highest BCUT2D eigenvalue weighted by Gasteiger charge is 2.31. The van der Waals surface area contributed by atoms with Crippen LogP contribution in [0.15, 0.2) is 277 Å². The lowest BCUT2D eigenvalue weighted by atomic mass is 9.98. The van der Waals surface area contributed by atoms with E-state index in [0.29, 0.717) is 34.8 Å². The van der Waals surface area contributed by atoms with Gasteiger partial charge in [-0.1, -0.05) is 182 Å². The fourth-order valence-corrected chi connectivity index (χ4v) is 11.5. The topological polar surface area (TPSA) is 119 Å². The summed E-state index contributed by atoms with van der Waals surface area (Å²) in [6.45, 7) is 0. The average Bonchev–Trinajstić information content (AvgIpc) is 4.35. The molecule has 10 heteroatoms. The molecule has 1 aliphatic heterocycles. The Morgan fingerprint density at radius 1 is 0.321 bits per heavy atom. The monoisotopic (exact) mass is 1080 g/mol. The number of pyridine rings is 1. The summed E-state index contributed by atoms with van der Waals surface area (Å²) in [4.78, 5) is 38.5. The van der Waals surface area contributed by atoms with E-state index in [4.69, 9.17) is 39.3 Å². The molecule has 1 atom stereocenters. The molecule has 84 heavy (non-hydrogen) atoms. The van der Waals surface area contributed by atoms with E-state index in [-0.39, 0.29) is 6.17 Å². The molecule has 0 bridgehead atoms. The van der Waals surface area contributed by atoms with Gasteiger partial charge in [0.1, 0.15) is 11.7 Å². The van der Waals surface area contributed by atoms with Gasteiger partial charge in [-0.15, -0.1) is 0 Å². The van der Waals surface area contributed by atoms with E-state index in [9.17, 15) is 0 Å². The second kappa shape index (κ2) is 20.2. The predicted molar refractivity (Wildman–Crippen MR) is 338 cm³/mol. The van der Waals surface area contributed by atoms with Crippen LogP contribution in [0.2, 0.25) is 0 Å². The maximum absolute atomic E-state index is 6.38. The quantitative estimate of drug-likeness (QED) is 0.133. The van der Waals surface area contributed by atoms with E-state index in [1.165, 1.54) is 16.2 Å². The average molecular weight is 1080 g/mol. The van der Waals surface area contributed by atoms with Gasteiger partial charge in [0.2, 0.25) is 5.89 Å². The second-order valence-electron chi connectivity index (χ2n) is 21.0. The van der Waals surface area contributed by atoms with Crippen molar-refractivity contribution >= 4 is 60.6 Å². The fourth-order valence-electron chi connectivity index (χ4n) is 11.5. The van der Waals surface area contributed by atoms with Crippen molar-refractivity contribution in [3.8, 4) is 90.8 Å². The van der Waals surface area contributed by atoms with Crippen molar-refractivity contribution in [2.75, 3.05) is 10.2 Å². The zero-order valence-corrected chi connectivity index (χ0v) is 45.0. The van der Waals surface area contributed by atoms with E-state index in [1.54, 1.807) is 0 Å². The molecule has 5 heterocycles. The van der Waals surface area contributed by atoms with Crippen molar-refractivity contribution < 1.29 is 4.42 Å². The predicted octanol–water partition coefficient (Wildman–Crippen LogP) is 18.3. The van der Waals surface area contributed by atoms with Gasteiger partial charge in [-0.05, 0) is 129 Å². The number of aromatic nitrogens is 7. The largest absolute Gasteiger partial charge is 0.436 e. The van der Waals surface area contributed by atoms with E-state index in [0.717, 1.165) is 106 Å². The normalized spacial score (nSPS) is 13.0. The molecule has 15 aromatic rings. The van der Waals surface area contributed by atoms with Gasteiger partial charge >= 0.3 is 0 Å². The minimum absolute atomic E-state index is 0.134. The van der Waals surface area contributed by atoms with Gasteiger partial charge in [0.05, 0.1) is 34.0 Å². The summed E-state index contributed by atoms with van der Waals surface area (Å²) < 4.78 is 6.38. The van der Waals surface area contributed by atoms with Gasteiger partial charge in [-0.25, -0.2) is 34.9 Å². The second-order valence-corrected chi connectivity index (χ2v) is 21.0. The van der Waals surface area contributed by atoms with Crippen LogP contribution < -0.4 is 10.2 Å². The number of hydrogen-bond donors (Lipinski definition) is 1. The van der Waals surface area contributed by atoms with Crippen molar-refractivity contribution in [2.45, 2.75) is 6.17 Å². The van der Waals surface area contributed by atoms with Crippen LogP contribution in [0.3, 0.4) is 0 Å². The third kappa shape index (κ3) is 8.91. The van der Waals surface area contributed by atoms with E-state index in [2.05, 4.69) is 198 Å². The van der Waals surface area contributed by atoms with Crippen molar-refractivity contribution in [1.82, 2.24) is 34.9 Å². The van der Waals surface area contributed by atoms with Crippen molar-refractivity contribution in [1.29, 1.82) is 0 Å². The van der Waals surface area contributed by atoms with Crippen LogP contribution in [-0.2, 0) is 0 Å². The van der Waals surface area contributed by atoms with Gasteiger partial charge in [-0.2, -0.15) is 0 Å². The number of anilines is 3. The van der Waals surface area contributed by atoms with Gasteiger partial charge in [0, 0.05) is 44.5 Å². The van der Waals surface area contributed by atoms with E-state index < -0.39 is 0 Å².